The fourth-order valence-electron chi connectivity index (χ4n) is 5.41. The smallest absolute Gasteiger partial charge is 0.270 e. The second-order valence-electron chi connectivity index (χ2n) is 10.00. The summed E-state index contributed by atoms with van der Waals surface area (Å²) >= 11 is 0. The molecular formula is C27H38F2N4O5. The van der Waals surface area contributed by atoms with Crippen LogP contribution in [0.2, 0.25) is 0 Å². The lowest BCUT2D eigenvalue weighted by atomic mass is 9.83. The van der Waals surface area contributed by atoms with Gasteiger partial charge in [0.05, 0.1) is 44.6 Å². The summed E-state index contributed by atoms with van der Waals surface area (Å²) in [6, 6.07) is 3.25. The van der Waals surface area contributed by atoms with Gasteiger partial charge in [-0.2, -0.15) is 0 Å². The monoisotopic (exact) mass is 536 g/mol. The number of hydrogen-bond donors (Lipinski definition) is 2. The Labute approximate surface area is 221 Å². The summed E-state index contributed by atoms with van der Waals surface area (Å²) in [5.41, 5.74) is 7.03. The van der Waals surface area contributed by atoms with Crippen molar-refractivity contribution in [3.05, 3.63) is 35.5 Å². The number of benzene rings is 1. The number of rotatable bonds is 11. The third-order valence-electron chi connectivity index (χ3n) is 7.55. The maximum atomic E-state index is 14.1. The highest BCUT2D eigenvalue weighted by molar-refractivity contribution is 5.99. The van der Waals surface area contributed by atoms with E-state index in [0.29, 0.717) is 56.0 Å². The SMILES string of the molecule is NC(C(=O)N1CCN(C(=O)c2cc3cc(F)c(F)cc3n2CCOCCOCCO)CC1)C1CCCCC1. The molecule has 11 heteroatoms. The summed E-state index contributed by atoms with van der Waals surface area (Å²) < 4.78 is 40.4. The first kappa shape index (κ1) is 28.4. The van der Waals surface area contributed by atoms with Gasteiger partial charge in [0.1, 0.15) is 5.69 Å². The summed E-state index contributed by atoms with van der Waals surface area (Å²) in [5.74, 6) is -2.07. The van der Waals surface area contributed by atoms with E-state index in [0.717, 1.165) is 37.8 Å². The van der Waals surface area contributed by atoms with Gasteiger partial charge in [0, 0.05) is 44.2 Å². The van der Waals surface area contributed by atoms with Gasteiger partial charge in [0.2, 0.25) is 5.91 Å². The average Bonchev–Trinajstić information content (AvgIpc) is 3.29. The van der Waals surface area contributed by atoms with E-state index < -0.39 is 17.7 Å². The number of fused-ring (bicyclic) bond motifs is 1. The summed E-state index contributed by atoms with van der Waals surface area (Å²) in [6.07, 6.45) is 5.38. The van der Waals surface area contributed by atoms with Crippen LogP contribution in [-0.4, -0.2) is 96.5 Å². The van der Waals surface area contributed by atoms with Gasteiger partial charge in [-0.15, -0.1) is 0 Å². The molecule has 4 rings (SSSR count). The van der Waals surface area contributed by atoms with Crippen molar-refractivity contribution in [1.82, 2.24) is 14.4 Å². The summed E-state index contributed by atoms with van der Waals surface area (Å²) in [5, 5.41) is 9.18. The number of hydrogen-bond acceptors (Lipinski definition) is 6. The lowest BCUT2D eigenvalue weighted by molar-refractivity contribution is -0.135. The molecule has 9 nitrogen and oxygen atoms in total. The number of carbonyl (C=O) groups is 2. The third-order valence-corrected chi connectivity index (χ3v) is 7.55. The van der Waals surface area contributed by atoms with Crippen molar-refractivity contribution in [2.45, 2.75) is 44.7 Å². The molecule has 1 aliphatic heterocycles. The molecule has 2 fully saturated rings. The Bertz CT molecular complexity index is 1100. The Hall–Kier alpha value is -2.60. The summed E-state index contributed by atoms with van der Waals surface area (Å²) in [7, 11) is 0. The molecule has 38 heavy (non-hydrogen) atoms. The Morgan fingerprint density at radius 3 is 2.24 bits per heavy atom. The zero-order chi connectivity index (χ0) is 27.1. The molecule has 1 unspecified atom stereocenters. The zero-order valence-corrected chi connectivity index (χ0v) is 21.7. The molecule has 210 valence electrons. The molecule has 1 saturated heterocycles. The van der Waals surface area contributed by atoms with E-state index in [-0.39, 0.29) is 44.1 Å². The first-order valence-corrected chi connectivity index (χ1v) is 13.5. The van der Waals surface area contributed by atoms with Crippen molar-refractivity contribution >= 4 is 22.7 Å². The molecule has 0 spiro atoms. The van der Waals surface area contributed by atoms with Crippen molar-refractivity contribution < 1.29 is 33.0 Å². The number of aromatic nitrogens is 1. The molecule has 2 aromatic rings. The molecule has 2 aliphatic rings. The normalized spacial score (nSPS) is 17.8. The summed E-state index contributed by atoms with van der Waals surface area (Å²) in [4.78, 5) is 29.9. The lowest BCUT2D eigenvalue weighted by Gasteiger charge is -2.37. The van der Waals surface area contributed by atoms with Crippen molar-refractivity contribution in [2.75, 3.05) is 59.2 Å². The topological polar surface area (TPSA) is 110 Å². The van der Waals surface area contributed by atoms with Crippen LogP contribution < -0.4 is 5.73 Å². The number of aliphatic hydroxyl groups excluding tert-OH is 1. The van der Waals surface area contributed by atoms with Crippen molar-refractivity contribution in [3.8, 4) is 0 Å². The Kier molecular flexibility index (Phi) is 10.1. The largest absolute Gasteiger partial charge is 0.394 e. The number of nitrogens with two attached hydrogens (primary N) is 1. The predicted octanol–water partition coefficient (Wildman–Crippen LogP) is 2.14. The number of amides is 2. The summed E-state index contributed by atoms with van der Waals surface area (Å²) in [6.45, 7) is 2.74. The minimum absolute atomic E-state index is 0.0517. The van der Waals surface area contributed by atoms with Gasteiger partial charge in [0.25, 0.3) is 5.91 Å². The standard InChI is InChI=1S/C27H38F2N4O5/c28-21-16-20-17-24(33(23(20)18-22(21)29)10-12-37-14-15-38-13-11-34)26(35)31-6-8-32(9-7-31)27(36)25(30)19-4-2-1-3-5-19/h16-19,25,34H,1-15,30H2. The number of nitrogens with zero attached hydrogens (tertiary/aromatic N) is 3. The molecule has 0 radical (unpaired) electrons. The molecular weight excluding hydrogens is 498 g/mol. The van der Waals surface area contributed by atoms with Crippen molar-refractivity contribution in [3.63, 3.8) is 0 Å². The maximum Gasteiger partial charge on any atom is 0.270 e. The van der Waals surface area contributed by atoms with Gasteiger partial charge in [-0.05, 0) is 30.9 Å². The first-order valence-electron chi connectivity index (χ1n) is 13.5. The molecule has 1 aromatic carbocycles. The Balaban J connectivity index is 1.41. The van der Waals surface area contributed by atoms with Gasteiger partial charge < -0.3 is 34.7 Å². The van der Waals surface area contributed by atoms with E-state index in [1.807, 2.05) is 0 Å². The van der Waals surface area contributed by atoms with Crippen LogP contribution in [-0.2, 0) is 20.8 Å². The van der Waals surface area contributed by atoms with Crippen LogP contribution in [0.25, 0.3) is 10.9 Å². The first-order chi connectivity index (χ1) is 18.4. The zero-order valence-electron chi connectivity index (χ0n) is 21.7. The maximum absolute atomic E-state index is 14.1. The molecule has 3 N–H and O–H groups in total. The Morgan fingerprint density at radius 1 is 0.921 bits per heavy atom. The number of aliphatic hydroxyl groups is 1. The minimum Gasteiger partial charge on any atom is -0.394 e. The molecule has 2 amide bonds. The highest BCUT2D eigenvalue weighted by Gasteiger charge is 2.33. The molecule has 0 bridgehead atoms. The molecule has 2 heterocycles. The van der Waals surface area contributed by atoms with Gasteiger partial charge in [0.15, 0.2) is 11.6 Å². The molecule has 1 saturated carbocycles. The van der Waals surface area contributed by atoms with Crippen LogP contribution in [0.5, 0.6) is 0 Å². The fourth-order valence-corrected chi connectivity index (χ4v) is 5.41. The van der Waals surface area contributed by atoms with E-state index >= 15 is 0 Å². The fraction of sp³-hybridized carbons (Fsp3) is 0.630. The van der Waals surface area contributed by atoms with Gasteiger partial charge in [-0.1, -0.05) is 19.3 Å². The molecule has 1 aliphatic carbocycles. The van der Waals surface area contributed by atoms with Crippen molar-refractivity contribution in [2.24, 2.45) is 11.7 Å². The third kappa shape index (κ3) is 6.69. The second-order valence-corrected chi connectivity index (χ2v) is 10.00. The average molecular weight is 537 g/mol. The second kappa shape index (κ2) is 13.5. The van der Waals surface area contributed by atoms with E-state index in [1.165, 1.54) is 6.42 Å². The van der Waals surface area contributed by atoms with E-state index in [9.17, 15) is 18.4 Å². The van der Waals surface area contributed by atoms with Crippen LogP contribution in [0, 0.1) is 17.6 Å². The van der Waals surface area contributed by atoms with Crippen LogP contribution in [0.15, 0.2) is 18.2 Å². The molecule has 1 aromatic heterocycles. The van der Waals surface area contributed by atoms with Crippen LogP contribution in [0.3, 0.4) is 0 Å². The minimum atomic E-state index is -0.990. The number of carbonyl (C=O) groups excluding carboxylic acids is 2. The van der Waals surface area contributed by atoms with Crippen LogP contribution in [0.1, 0.15) is 42.6 Å². The molecule has 1 atom stereocenters. The van der Waals surface area contributed by atoms with E-state index in [2.05, 4.69) is 0 Å². The van der Waals surface area contributed by atoms with E-state index in [4.69, 9.17) is 20.3 Å². The number of ether oxygens (including phenoxy) is 2. The Morgan fingerprint density at radius 2 is 1.55 bits per heavy atom. The van der Waals surface area contributed by atoms with Crippen LogP contribution >= 0.6 is 0 Å². The van der Waals surface area contributed by atoms with E-state index in [1.54, 1.807) is 20.4 Å². The number of halogens is 2. The lowest BCUT2D eigenvalue weighted by Crippen LogP contribution is -2.56. The van der Waals surface area contributed by atoms with Crippen LogP contribution in [0.4, 0.5) is 8.78 Å². The van der Waals surface area contributed by atoms with Gasteiger partial charge >= 0.3 is 0 Å². The van der Waals surface area contributed by atoms with Crippen molar-refractivity contribution in [1.29, 1.82) is 0 Å². The predicted molar refractivity (Wildman–Crippen MR) is 138 cm³/mol. The highest BCUT2D eigenvalue weighted by atomic mass is 19.2. The van der Waals surface area contributed by atoms with Gasteiger partial charge in [-0.3, -0.25) is 9.59 Å². The van der Waals surface area contributed by atoms with Gasteiger partial charge in [-0.25, -0.2) is 8.78 Å². The number of piperazine rings is 1. The highest BCUT2D eigenvalue weighted by Crippen LogP contribution is 2.27. The quantitative estimate of drug-likeness (QED) is 0.426.